The molecule has 0 amide bonds. The van der Waals surface area contributed by atoms with Crippen molar-refractivity contribution in [1.82, 2.24) is 9.47 Å². The average molecular weight is 285 g/mol. The van der Waals surface area contributed by atoms with Crippen molar-refractivity contribution in [2.24, 2.45) is 12.8 Å². The maximum atomic E-state index is 6.08. The minimum Gasteiger partial charge on any atom is -0.350 e. The predicted octanol–water partition coefficient (Wildman–Crippen LogP) is 3.18. The first-order valence-electron chi connectivity index (χ1n) is 8.20. The molecule has 1 aliphatic heterocycles. The fourth-order valence-corrected chi connectivity index (χ4v) is 3.40. The van der Waals surface area contributed by atoms with E-state index in [4.69, 9.17) is 5.73 Å². The van der Waals surface area contributed by atoms with Gasteiger partial charge >= 0.3 is 0 Å². The lowest BCUT2D eigenvalue weighted by atomic mass is 10.0. The van der Waals surface area contributed by atoms with Crippen LogP contribution < -0.4 is 5.73 Å². The first kappa shape index (κ1) is 14.6. The average Bonchev–Trinajstić information content (AvgIpc) is 3.03. The number of benzene rings is 1. The number of nitrogens with two attached hydrogens (primary N) is 1. The van der Waals surface area contributed by atoms with E-state index in [9.17, 15) is 0 Å². The second kappa shape index (κ2) is 5.82. The summed E-state index contributed by atoms with van der Waals surface area (Å²) >= 11 is 0. The van der Waals surface area contributed by atoms with E-state index in [-0.39, 0.29) is 0 Å². The molecule has 0 aliphatic carbocycles. The summed E-state index contributed by atoms with van der Waals surface area (Å²) in [4.78, 5) is 2.50. The van der Waals surface area contributed by atoms with Crippen molar-refractivity contribution in [3.63, 3.8) is 0 Å². The number of hydrogen-bond donors (Lipinski definition) is 1. The Morgan fingerprint density at radius 3 is 2.57 bits per heavy atom. The molecule has 1 unspecified atom stereocenters. The Bertz CT molecular complexity index is 641. The Labute approximate surface area is 127 Å². The molecule has 1 aromatic carbocycles. The van der Waals surface area contributed by atoms with Gasteiger partial charge in [-0.05, 0) is 54.6 Å². The minimum absolute atomic E-state index is 0.324. The van der Waals surface area contributed by atoms with Gasteiger partial charge in [-0.1, -0.05) is 13.8 Å². The first-order valence-corrected chi connectivity index (χ1v) is 8.20. The molecule has 2 N–H and O–H groups in total. The fourth-order valence-electron chi connectivity index (χ4n) is 3.40. The van der Waals surface area contributed by atoms with Crippen LogP contribution in [0.25, 0.3) is 10.9 Å². The summed E-state index contributed by atoms with van der Waals surface area (Å²) in [6.07, 6.45) is 5.52. The van der Waals surface area contributed by atoms with Crippen LogP contribution in [0.1, 0.15) is 43.4 Å². The standard InChI is InChI=1S/C18H27N3/c1-4-16(19)7-6-13-10-20(3)18-9-15-12-21(5-2)11-14(15)8-17(13)18/h8-10,16H,4-7,11-12,19H2,1-3H3. The van der Waals surface area contributed by atoms with E-state index in [0.29, 0.717) is 6.04 Å². The molecule has 3 rings (SSSR count). The normalized spacial score (nSPS) is 16.6. The van der Waals surface area contributed by atoms with Crippen LogP contribution in [0.15, 0.2) is 18.3 Å². The molecule has 2 aromatic rings. The van der Waals surface area contributed by atoms with Gasteiger partial charge in [0.1, 0.15) is 0 Å². The van der Waals surface area contributed by atoms with Crippen molar-refractivity contribution >= 4 is 10.9 Å². The molecule has 21 heavy (non-hydrogen) atoms. The molecule has 0 radical (unpaired) electrons. The quantitative estimate of drug-likeness (QED) is 0.915. The van der Waals surface area contributed by atoms with Gasteiger partial charge < -0.3 is 10.3 Å². The van der Waals surface area contributed by atoms with Gasteiger partial charge in [-0.25, -0.2) is 0 Å². The second-order valence-corrected chi connectivity index (χ2v) is 6.41. The molecule has 3 nitrogen and oxygen atoms in total. The smallest absolute Gasteiger partial charge is 0.0484 e. The molecule has 1 aromatic heterocycles. The number of fused-ring (bicyclic) bond motifs is 2. The van der Waals surface area contributed by atoms with Crippen molar-refractivity contribution in [1.29, 1.82) is 0 Å². The van der Waals surface area contributed by atoms with Crippen LogP contribution in [0, 0.1) is 0 Å². The fraction of sp³-hybridized carbons (Fsp3) is 0.556. The molecule has 1 atom stereocenters. The van der Waals surface area contributed by atoms with Gasteiger partial charge in [-0.3, -0.25) is 4.90 Å². The summed E-state index contributed by atoms with van der Waals surface area (Å²) < 4.78 is 2.27. The highest BCUT2D eigenvalue weighted by atomic mass is 15.1. The number of nitrogens with zero attached hydrogens (tertiary/aromatic N) is 2. The van der Waals surface area contributed by atoms with Crippen molar-refractivity contribution in [2.75, 3.05) is 6.54 Å². The number of hydrogen-bond acceptors (Lipinski definition) is 2. The molecule has 0 saturated carbocycles. The molecular weight excluding hydrogens is 258 g/mol. The summed E-state index contributed by atoms with van der Waals surface area (Å²) in [5, 5.41) is 1.43. The van der Waals surface area contributed by atoms with Gasteiger partial charge in [0, 0.05) is 43.3 Å². The minimum atomic E-state index is 0.324. The topological polar surface area (TPSA) is 34.2 Å². The SMILES string of the molecule is CCC(N)CCc1cn(C)c2cc3c(cc12)CN(CC)C3. The van der Waals surface area contributed by atoms with E-state index >= 15 is 0 Å². The molecule has 0 fully saturated rings. The third-order valence-corrected chi connectivity index (χ3v) is 4.94. The summed E-state index contributed by atoms with van der Waals surface area (Å²) in [5.74, 6) is 0. The van der Waals surface area contributed by atoms with Gasteiger partial charge in [0.15, 0.2) is 0 Å². The van der Waals surface area contributed by atoms with Gasteiger partial charge in [0.05, 0.1) is 0 Å². The lowest BCUT2D eigenvalue weighted by Gasteiger charge is -2.09. The molecule has 2 heterocycles. The number of aromatic nitrogens is 1. The Hall–Kier alpha value is -1.32. The van der Waals surface area contributed by atoms with Crippen molar-refractivity contribution < 1.29 is 0 Å². The molecule has 0 bridgehead atoms. The Morgan fingerprint density at radius 1 is 1.19 bits per heavy atom. The molecule has 0 spiro atoms. The van der Waals surface area contributed by atoms with Crippen LogP contribution in [0.3, 0.4) is 0 Å². The Kier molecular flexibility index (Phi) is 4.05. The van der Waals surface area contributed by atoms with Crippen molar-refractivity contribution in [3.05, 3.63) is 35.0 Å². The maximum absolute atomic E-state index is 6.08. The van der Waals surface area contributed by atoms with E-state index in [1.54, 1.807) is 0 Å². The summed E-state index contributed by atoms with van der Waals surface area (Å²) in [6.45, 7) is 7.74. The first-order chi connectivity index (χ1) is 10.1. The predicted molar refractivity (Wildman–Crippen MR) is 89.3 cm³/mol. The lowest BCUT2D eigenvalue weighted by molar-refractivity contribution is 0.301. The van der Waals surface area contributed by atoms with Gasteiger partial charge in [-0.15, -0.1) is 0 Å². The molecular formula is C18H27N3. The molecule has 114 valence electrons. The summed E-state index contributed by atoms with van der Waals surface area (Å²) in [5.41, 5.74) is 11.9. The Morgan fingerprint density at radius 2 is 1.90 bits per heavy atom. The van der Waals surface area contributed by atoms with E-state index in [1.807, 2.05) is 0 Å². The van der Waals surface area contributed by atoms with Crippen LogP contribution in [0.5, 0.6) is 0 Å². The third-order valence-electron chi connectivity index (χ3n) is 4.94. The highest BCUT2D eigenvalue weighted by Gasteiger charge is 2.20. The lowest BCUT2D eigenvalue weighted by Crippen LogP contribution is -2.18. The molecule has 3 heteroatoms. The van der Waals surface area contributed by atoms with Crippen LogP contribution in [0.4, 0.5) is 0 Å². The van der Waals surface area contributed by atoms with E-state index in [2.05, 4.69) is 48.7 Å². The third kappa shape index (κ3) is 2.72. The van der Waals surface area contributed by atoms with E-state index < -0.39 is 0 Å². The monoisotopic (exact) mass is 285 g/mol. The van der Waals surface area contributed by atoms with Crippen LogP contribution in [-0.2, 0) is 26.6 Å². The summed E-state index contributed by atoms with van der Waals surface area (Å²) in [6, 6.07) is 5.14. The zero-order valence-corrected chi connectivity index (χ0v) is 13.5. The van der Waals surface area contributed by atoms with Crippen LogP contribution in [-0.4, -0.2) is 22.1 Å². The summed E-state index contributed by atoms with van der Waals surface area (Å²) in [7, 11) is 2.16. The highest BCUT2D eigenvalue weighted by Crippen LogP contribution is 2.30. The zero-order valence-electron chi connectivity index (χ0n) is 13.5. The van der Waals surface area contributed by atoms with Gasteiger partial charge in [-0.2, -0.15) is 0 Å². The van der Waals surface area contributed by atoms with E-state index in [1.165, 1.54) is 27.6 Å². The zero-order chi connectivity index (χ0) is 15.0. The Balaban J connectivity index is 1.93. The second-order valence-electron chi connectivity index (χ2n) is 6.41. The maximum Gasteiger partial charge on any atom is 0.0484 e. The number of aryl methyl sites for hydroxylation is 2. The van der Waals surface area contributed by atoms with Crippen molar-refractivity contribution in [3.8, 4) is 0 Å². The largest absolute Gasteiger partial charge is 0.350 e. The van der Waals surface area contributed by atoms with Gasteiger partial charge in [0.25, 0.3) is 0 Å². The van der Waals surface area contributed by atoms with Crippen LogP contribution in [0.2, 0.25) is 0 Å². The van der Waals surface area contributed by atoms with Gasteiger partial charge in [0.2, 0.25) is 0 Å². The van der Waals surface area contributed by atoms with Crippen molar-refractivity contribution in [2.45, 2.75) is 52.2 Å². The number of rotatable bonds is 5. The van der Waals surface area contributed by atoms with Crippen LogP contribution >= 0.6 is 0 Å². The molecule has 1 aliphatic rings. The van der Waals surface area contributed by atoms with E-state index in [0.717, 1.165) is 38.9 Å². The molecule has 0 saturated heterocycles. The highest BCUT2D eigenvalue weighted by molar-refractivity contribution is 5.85.